The SMILES string of the molecule is CC(N[C@H]1CCN(c2ccc(CC(=O)OC(C)(C)C)cc2)C1)c1cccc2ccccc12. The standard InChI is InChI=1S/C28H34N2O2/c1-20(25-11-7-9-22-8-5-6-10-26(22)25)29-23-16-17-30(19-23)24-14-12-21(13-15-24)18-27(31)32-28(2,3)4/h5-15,20,23,29H,16-19H2,1-4H3/t20?,23-/m0/s1. The van der Waals surface area contributed by atoms with E-state index in [1.54, 1.807) is 0 Å². The Labute approximate surface area is 191 Å². The van der Waals surface area contributed by atoms with Crippen LogP contribution in [0, 0.1) is 0 Å². The lowest BCUT2D eigenvalue weighted by Crippen LogP contribution is -2.34. The Kier molecular flexibility index (Phi) is 6.52. The van der Waals surface area contributed by atoms with Crippen LogP contribution in [0.15, 0.2) is 66.7 Å². The average molecular weight is 431 g/mol. The number of hydrogen-bond donors (Lipinski definition) is 1. The summed E-state index contributed by atoms with van der Waals surface area (Å²) in [6, 6.07) is 24.2. The number of nitrogens with one attached hydrogen (secondary N) is 1. The van der Waals surface area contributed by atoms with E-state index in [0.29, 0.717) is 18.5 Å². The third-order valence-electron chi connectivity index (χ3n) is 6.03. The van der Waals surface area contributed by atoms with Crippen LogP contribution in [0.4, 0.5) is 5.69 Å². The number of fused-ring (bicyclic) bond motifs is 1. The summed E-state index contributed by atoms with van der Waals surface area (Å²) in [6.45, 7) is 9.97. The molecule has 2 atom stereocenters. The van der Waals surface area contributed by atoms with Gasteiger partial charge in [-0.1, -0.05) is 54.6 Å². The van der Waals surface area contributed by atoms with Crippen LogP contribution in [0.5, 0.6) is 0 Å². The van der Waals surface area contributed by atoms with E-state index in [4.69, 9.17) is 4.74 Å². The molecule has 0 radical (unpaired) electrons. The molecule has 0 amide bonds. The number of ether oxygens (including phenoxy) is 1. The number of anilines is 1. The number of carbonyl (C=O) groups excluding carboxylic acids is 1. The zero-order chi connectivity index (χ0) is 22.7. The van der Waals surface area contributed by atoms with Crippen LogP contribution >= 0.6 is 0 Å². The molecular weight excluding hydrogens is 396 g/mol. The zero-order valence-corrected chi connectivity index (χ0v) is 19.6. The normalized spacial score (nSPS) is 17.5. The van der Waals surface area contributed by atoms with Gasteiger partial charge in [0.25, 0.3) is 0 Å². The summed E-state index contributed by atoms with van der Waals surface area (Å²) in [5.74, 6) is -0.182. The summed E-state index contributed by atoms with van der Waals surface area (Å²) in [5, 5.41) is 6.46. The first-order valence-electron chi connectivity index (χ1n) is 11.6. The summed E-state index contributed by atoms with van der Waals surface area (Å²) in [5.41, 5.74) is 3.10. The van der Waals surface area contributed by atoms with Gasteiger partial charge in [-0.3, -0.25) is 4.79 Å². The van der Waals surface area contributed by atoms with E-state index in [1.165, 1.54) is 22.0 Å². The van der Waals surface area contributed by atoms with Crippen molar-refractivity contribution in [3.8, 4) is 0 Å². The van der Waals surface area contributed by atoms with Gasteiger partial charge >= 0.3 is 5.97 Å². The van der Waals surface area contributed by atoms with Gasteiger partial charge in [0.15, 0.2) is 0 Å². The van der Waals surface area contributed by atoms with Crippen molar-refractivity contribution in [3.63, 3.8) is 0 Å². The van der Waals surface area contributed by atoms with Gasteiger partial charge in [0.1, 0.15) is 5.60 Å². The van der Waals surface area contributed by atoms with E-state index in [2.05, 4.69) is 71.7 Å². The second kappa shape index (κ2) is 9.33. The lowest BCUT2D eigenvalue weighted by molar-refractivity contribution is -0.153. The predicted octanol–water partition coefficient (Wildman–Crippen LogP) is 5.65. The number of rotatable bonds is 6. The van der Waals surface area contributed by atoms with Gasteiger partial charge in [0.2, 0.25) is 0 Å². The fourth-order valence-electron chi connectivity index (χ4n) is 4.57. The minimum atomic E-state index is -0.447. The first kappa shape index (κ1) is 22.3. The van der Waals surface area contributed by atoms with Crippen molar-refractivity contribution in [3.05, 3.63) is 77.9 Å². The summed E-state index contributed by atoms with van der Waals surface area (Å²) >= 11 is 0. The second-order valence-corrected chi connectivity index (χ2v) is 9.82. The van der Waals surface area contributed by atoms with Gasteiger partial charge in [0.05, 0.1) is 6.42 Å². The summed E-state index contributed by atoms with van der Waals surface area (Å²) in [7, 11) is 0. The van der Waals surface area contributed by atoms with Crippen LogP contribution < -0.4 is 10.2 Å². The number of esters is 1. The van der Waals surface area contributed by atoms with Crippen molar-refractivity contribution in [1.29, 1.82) is 0 Å². The molecule has 1 aliphatic rings. The Morgan fingerprint density at radius 2 is 1.78 bits per heavy atom. The largest absolute Gasteiger partial charge is 0.460 e. The fraction of sp³-hybridized carbons (Fsp3) is 0.393. The Balaban J connectivity index is 1.35. The molecule has 168 valence electrons. The van der Waals surface area contributed by atoms with Crippen LogP contribution in [0.2, 0.25) is 0 Å². The molecule has 1 heterocycles. The third-order valence-corrected chi connectivity index (χ3v) is 6.03. The average Bonchev–Trinajstić information content (AvgIpc) is 3.21. The van der Waals surface area contributed by atoms with Crippen LogP contribution in [0.25, 0.3) is 10.8 Å². The van der Waals surface area contributed by atoms with Crippen molar-refractivity contribution in [1.82, 2.24) is 5.32 Å². The quantitative estimate of drug-likeness (QED) is 0.513. The minimum Gasteiger partial charge on any atom is -0.460 e. The zero-order valence-electron chi connectivity index (χ0n) is 19.6. The maximum atomic E-state index is 12.1. The Morgan fingerprint density at radius 1 is 1.06 bits per heavy atom. The highest BCUT2D eigenvalue weighted by Gasteiger charge is 2.25. The first-order valence-corrected chi connectivity index (χ1v) is 11.6. The molecule has 32 heavy (non-hydrogen) atoms. The monoisotopic (exact) mass is 430 g/mol. The molecule has 3 aromatic carbocycles. The van der Waals surface area contributed by atoms with E-state index >= 15 is 0 Å². The second-order valence-electron chi connectivity index (χ2n) is 9.82. The molecule has 1 fully saturated rings. The van der Waals surface area contributed by atoms with Crippen molar-refractivity contribution < 1.29 is 9.53 Å². The lowest BCUT2D eigenvalue weighted by Gasteiger charge is -2.23. The third kappa shape index (κ3) is 5.49. The van der Waals surface area contributed by atoms with Gasteiger partial charge in [-0.25, -0.2) is 0 Å². The molecular formula is C28H34N2O2. The molecule has 0 spiro atoms. The van der Waals surface area contributed by atoms with Crippen LogP contribution in [0.1, 0.15) is 51.3 Å². The summed E-state index contributed by atoms with van der Waals surface area (Å²) in [4.78, 5) is 14.5. The highest BCUT2D eigenvalue weighted by molar-refractivity contribution is 5.86. The van der Waals surface area contributed by atoms with Gasteiger partial charge in [0, 0.05) is 30.9 Å². The molecule has 3 aromatic rings. The Hall–Kier alpha value is -2.85. The topological polar surface area (TPSA) is 41.6 Å². The maximum absolute atomic E-state index is 12.1. The Morgan fingerprint density at radius 3 is 2.53 bits per heavy atom. The fourth-order valence-corrected chi connectivity index (χ4v) is 4.57. The van der Waals surface area contributed by atoms with E-state index in [9.17, 15) is 4.79 Å². The van der Waals surface area contributed by atoms with Crippen molar-refractivity contribution in [2.45, 2.75) is 58.2 Å². The summed E-state index contributed by atoms with van der Waals surface area (Å²) in [6.07, 6.45) is 1.43. The molecule has 1 aliphatic heterocycles. The van der Waals surface area contributed by atoms with Gasteiger partial charge in [-0.15, -0.1) is 0 Å². The molecule has 1 saturated heterocycles. The molecule has 0 saturated carbocycles. The highest BCUT2D eigenvalue weighted by atomic mass is 16.6. The van der Waals surface area contributed by atoms with Crippen molar-refractivity contribution >= 4 is 22.4 Å². The maximum Gasteiger partial charge on any atom is 0.310 e. The predicted molar refractivity (Wildman–Crippen MR) is 132 cm³/mol. The van der Waals surface area contributed by atoms with E-state index in [0.717, 1.165) is 25.1 Å². The number of hydrogen-bond acceptors (Lipinski definition) is 4. The van der Waals surface area contributed by atoms with E-state index in [-0.39, 0.29) is 5.97 Å². The Bertz CT molecular complexity index is 1060. The number of carbonyl (C=O) groups is 1. The van der Waals surface area contributed by atoms with E-state index in [1.807, 2.05) is 32.9 Å². The van der Waals surface area contributed by atoms with Crippen molar-refractivity contribution in [2.24, 2.45) is 0 Å². The van der Waals surface area contributed by atoms with Crippen LogP contribution in [-0.4, -0.2) is 30.7 Å². The molecule has 4 heteroatoms. The first-order chi connectivity index (χ1) is 15.3. The minimum absolute atomic E-state index is 0.182. The van der Waals surface area contributed by atoms with Crippen molar-refractivity contribution in [2.75, 3.05) is 18.0 Å². The highest BCUT2D eigenvalue weighted by Crippen LogP contribution is 2.27. The van der Waals surface area contributed by atoms with Gasteiger partial charge < -0.3 is 15.0 Å². The molecule has 0 aromatic heterocycles. The van der Waals surface area contributed by atoms with E-state index < -0.39 is 5.60 Å². The summed E-state index contributed by atoms with van der Waals surface area (Å²) < 4.78 is 5.43. The van der Waals surface area contributed by atoms with Crippen LogP contribution in [0.3, 0.4) is 0 Å². The number of nitrogens with zero attached hydrogens (tertiary/aromatic N) is 1. The van der Waals surface area contributed by atoms with Gasteiger partial charge in [-0.2, -0.15) is 0 Å². The molecule has 4 rings (SSSR count). The van der Waals surface area contributed by atoms with Crippen LogP contribution in [-0.2, 0) is 16.0 Å². The lowest BCUT2D eigenvalue weighted by atomic mass is 9.99. The molecule has 4 nitrogen and oxygen atoms in total. The van der Waals surface area contributed by atoms with Gasteiger partial charge in [-0.05, 0) is 68.1 Å². The molecule has 1 unspecified atom stereocenters. The smallest absolute Gasteiger partial charge is 0.310 e. The molecule has 1 N–H and O–H groups in total. The number of benzene rings is 3. The molecule has 0 bridgehead atoms. The molecule has 0 aliphatic carbocycles.